The SMILES string of the molecule is CN(C)c1nc(N[C@H]2CC[C@@H](NC(=O)c3cc4c([nH]3)=CCCC=4)CC2)nc2ccccc12. The maximum absolute atomic E-state index is 12.7. The van der Waals surface area contributed by atoms with Crippen LogP contribution in [0.25, 0.3) is 23.1 Å². The quantitative estimate of drug-likeness (QED) is 0.579. The van der Waals surface area contributed by atoms with Gasteiger partial charge >= 0.3 is 0 Å². The van der Waals surface area contributed by atoms with Crippen LogP contribution in [-0.2, 0) is 0 Å². The summed E-state index contributed by atoms with van der Waals surface area (Å²) in [4.78, 5) is 27.5. The highest BCUT2D eigenvalue weighted by molar-refractivity contribution is 5.92. The van der Waals surface area contributed by atoms with Gasteiger partial charge in [0.15, 0.2) is 0 Å². The molecule has 3 N–H and O–H groups in total. The Hall–Kier alpha value is -3.35. The maximum Gasteiger partial charge on any atom is 0.267 e. The van der Waals surface area contributed by atoms with E-state index in [1.807, 2.05) is 43.3 Å². The van der Waals surface area contributed by atoms with Gasteiger partial charge in [-0.2, -0.15) is 4.98 Å². The van der Waals surface area contributed by atoms with E-state index in [1.54, 1.807) is 0 Å². The summed E-state index contributed by atoms with van der Waals surface area (Å²) in [5.74, 6) is 1.58. The summed E-state index contributed by atoms with van der Waals surface area (Å²) in [7, 11) is 4.01. The molecule has 1 saturated carbocycles. The molecule has 2 heterocycles. The fourth-order valence-electron chi connectivity index (χ4n) is 4.71. The van der Waals surface area contributed by atoms with Crippen molar-refractivity contribution in [3.63, 3.8) is 0 Å². The minimum atomic E-state index is -0.00824. The highest BCUT2D eigenvalue weighted by Gasteiger charge is 2.24. The monoisotopic (exact) mass is 430 g/mol. The van der Waals surface area contributed by atoms with Gasteiger partial charge in [-0.15, -0.1) is 0 Å². The molecule has 2 aliphatic carbocycles. The Labute approximate surface area is 187 Å². The number of carbonyl (C=O) groups excluding carboxylic acids is 1. The summed E-state index contributed by atoms with van der Waals surface area (Å²) in [5.41, 5.74) is 1.60. The number of nitrogens with one attached hydrogen (secondary N) is 3. The first-order valence-corrected chi connectivity index (χ1v) is 11.5. The second-order valence-electron chi connectivity index (χ2n) is 8.99. The first-order chi connectivity index (χ1) is 15.6. The molecule has 2 aliphatic rings. The number of aromatic amines is 1. The number of benzene rings is 1. The summed E-state index contributed by atoms with van der Waals surface area (Å²) in [5, 5.41) is 10.0. The lowest BCUT2D eigenvalue weighted by Gasteiger charge is -2.29. The van der Waals surface area contributed by atoms with Crippen molar-refractivity contribution in [3.05, 3.63) is 46.6 Å². The first kappa shape index (κ1) is 20.5. The Kier molecular flexibility index (Phi) is 5.55. The number of carbonyl (C=O) groups is 1. The van der Waals surface area contributed by atoms with E-state index in [0.717, 1.165) is 65.8 Å². The van der Waals surface area contributed by atoms with Crippen LogP contribution in [0.1, 0.15) is 49.0 Å². The highest BCUT2D eigenvalue weighted by Crippen LogP contribution is 2.26. The summed E-state index contributed by atoms with van der Waals surface area (Å²) in [6.07, 6.45) is 10.3. The number of anilines is 2. The molecule has 1 amide bonds. The number of rotatable bonds is 5. The van der Waals surface area contributed by atoms with Crippen LogP contribution in [0.3, 0.4) is 0 Å². The smallest absolute Gasteiger partial charge is 0.267 e. The average Bonchev–Trinajstić information content (AvgIpc) is 3.24. The molecule has 32 heavy (non-hydrogen) atoms. The van der Waals surface area contributed by atoms with Crippen molar-refractivity contribution in [2.24, 2.45) is 0 Å². The van der Waals surface area contributed by atoms with E-state index in [9.17, 15) is 4.79 Å². The van der Waals surface area contributed by atoms with Gasteiger partial charge in [0.2, 0.25) is 5.95 Å². The number of H-pyrrole nitrogens is 1. The molecule has 1 fully saturated rings. The van der Waals surface area contributed by atoms with Gasteiger partial charge in [-0.1, -0.05) is 24.3 Å². The van der Waals surface area contributed by atoms with E-state index in [-0.39, 0.29) is 11.9 Å². The minimum Gasteiger partial charge on any atom is -0.362 e. The van der Waals surface area contributed by atoms with Crippen molar-refractivity contribution < 1.29 is 4.79 Å². The van der Waals surface area contributed by atoms with Crippen LogP contribution >= 0.6 is 0 Å². The molecule has 2 aromatic heterocycles. The second-order valence-corrected chi connectivity index (χ2v) is 8.99. The van der Waals surface area contributed by atoms with Crippen LogP contribution in [0.5, 0.6) is 0 Å². The molecular formula is C25H30N6O. The van der Waals surface area contributed by atoms with Crippen LogP contribution in [0.15, 0.2) is 30.3 Å². The standard InChI is InChI=1S/C25H30N6O/c1-31(2)23-19-8-4-6-10-21(19)29-25(30-23)27-18-13-11-17(12-14-18)26-24(32)22-15-16-7-3-5-9-20(16)28-22/h4,6-10,15,17-18,28H,3,5,11-14H2,1-2H3,(H,26,32)(H,27,29,30)/t17-,18+. The Morgan fingerprint density at radius 1 is 1.03 bits per heavy atom. The number of para-hydroxylation sites is 1. The number of nitrogens with zero attached hydrogens (tertiary/aromatic N) is 3. The summed E-state index contributed by atoms with van der Waals surface area (Å²) < 4.78 is 0. The van der Waals surface area contributed by atoms with Gasteiger partial charge in [0.25, 0.3) is 5.91 Å². The molecule has 5 rings (SSSR count). The van der Waals surface area contributed by atoms with E-state index >= 15 is 0 Å². The van der Waals surface area contributed by atoms with Gasteiger partial charge in [0.05, 0.1) is 5.52 Å². The molecule has 1 aromatic carbocycles. The van der Waals surface area contributed by atoms with Gasteiger partial charge in [-0.25, -0.2) is 4.98 Å². The predicted molar refractivity (Wildman–Crippen MR) is 129 cm³/mol. The molecule has 7 heteroatoms. The number of hydrogen-bond donors (Lipinski definition) is 3. The molecule has 0 atom stereocenters. The van der Waals surface area contributed by atoms with Crippen LogP contribution in [0.2, 0.25) is 0 Å². The predicted octanol–water partition coefficient (Wildman–Crippen LogP) is 2.53. The molecule has 0 aliphatic heterocycles. The van der Waals surface area contributed by atoms with Crippen LogP contribution in [0, 0.1) is 0 Å². The molecule has 166 valence electrons. The topological polar surface area (TPSA) is 85.9 Å². The lowest BCUT2D eigenvalue weighted by molar-refractivity contribution is 0.0922. The van der Waals surface area contributed by atoms with Gasteiger partial charge < -0.3 is 20.5 Å². The van der Waals surface area contributed by atoms with Gasteiger partial charge in [-0.05, 0) is 61.9 Å². The van der Waals surface area contributed by atoms with Crippen molar-refractivity contribution in [1.82, 2.24) is 20.3 Å². The van der Waals surface area contributed by atoms with Crippen molar-refractivity contribution >= 4 is 40.7 Å². The zero-order chi connectivity index (χ0) is 22.1. The lowest BCUT2D eigenvalue weighted by Crippen LogP contribution is -2.40. The third-order valence-corrected chi connectivity index (χ3v) is 6.41. The van der Waals surface area contributed by atoms with Gasteiger partial charge in [0, 0.05) is 36.9 Å². The number of hydrogen-bond acceptors (Lipinski definition) is 5. The zero-order valence-corrected chi connectivity index (χ0v) is 18.7. The molecule has 0 spiro atoms. The zero-order valence-electron chi connectivity index (χ0n) is 18.7. The Morgan fingerprint density at radius 3 is 2.56 bits per heavy atom. The molecule has 3 aromatic rings. The number of fused-ring (bicyclic) bond motifs is 2. The van der Waals surface area contributed by atoms with E-state index in [1.165, 1.54) is 0 Å². The average molecular weight is 431 g/mol. The molecule has 0 radical (unpaired) electrons. The summed E-state index contributed by atoms with van der Waals surface area (Å²) in [6.45, 7) is 0. The van der Waals surface area contributed by atoms with Crippen LogP contribution < -0.4 is 26.1 Å². The summed E-state index contributed by atoms with van der Waals surface area (Å²) in [6, 6.07) is 10.6. The fraction of sp³-hybridized carbons (Fsp3) is 0.400. The third-order valence-electron chi connectivity index (χ3n) is 6.41. The first-order valence-electron chi connectivity index (χ1n) is 11.5. The van der Waals surface area contributed by atoms with Gasteiger partial charge in [0.1, 0.15) is 11.5 Å². The maximum atomic E-state index is 12.7. The Balaban J connectivity index is 1.21. The van der Waals surface area contributed by atoms with Crippen molar-refractivity contribution in [3.8, 4) is 0 Å². The molecule has 0 unspecified atom stereocenters. The largest absolute Gasteiger partial charge is 0.362 e. The molecule has 7 nitrogen and oxygen atoms in total. The van der Waals surface area contributed by atoms with E-state index in [0.29, 0.717) is 17.7 Å². The lowest BCUT2D eigenvalue weighted by atomic mass is 9.91. The normalized spacial score (nSPS) is 20.1. The highest BCUT2D eigenvalue weighted by atomic mass is 16.1. The van der Waals surface area contributed by atoms with E-state index < -0.39 is 0 Å². The third kappa shape index (κ3) is 4.20. The molecule has 0 bridgehead atoms. The number of aromatic nitrogens is 3. The van der Waals surface area contributed by atoms with Crippen molar-refractivity contribution in [1.29, 1.82) is 0 Å². The second kappa shape index (κ2) is 8.65. The minimum absolute atomic E-state index is 0.00824. The van der Waals surface area contributed by atoms with Gasteiger partial charge in [-0.3, -0.25) is 4.79 Å². The Morgan fingerprint density at radius 2 is 1.78 bits per heavy atom. The van der Waals surface area contributed by atoms with Crippen LogP contribution in [0.4, 0.5) is 11.8 Å². The molecule has 0 saturated heterocycles. The fourth-order valence-corrected chi connectivity index (χ4v) is 4.71. The summed E-state index contributed by atoms with van der Waals surface area (Å²) >= 11 is 0. The van der Waals surface area contributed by atoms with E-state index in [4.69, 9.17) is 9.97 Å². The Bertz CT molecular complexity index is 1220. The molecular weight excluding hydrogens is 400 g/mol. The van der Waals surface area contributed by atoms with E-state index in [2.05, 4.69) is 33.8 Å². The van der Waals surface area contributed by atoms with Crippen LogP contribution in [-0.4, -0.2) is 47.0 Å². The van der Waals surface area contributed by atoms with Crippen molar-refractivity contribution in [2.75, 3.05) is 24.3 Å². The number of amides is 1. The van der Waals surface area contributed by atoms with Crippen molar-refractivity contribution in [2.45, 2.75) is 50.6 Å².